The molecular weight excluding hydrogens is 379 g/mol. The van der Waals surface area contributed by atoms with Crippen LogP contribution in [0, 0.1) is 0 Å². The molecule has 138 valence electrons. The summed E-state index contributed by atoms with van der Waals surface area (Å²) >= 11 is 1.47. The molecule has 0 aliphatic carbocycles. The van der Waals surface area contributed by atoms with E-state index in [1.165, 1.54) is 23.5 Å². The second kappa shape index (κ2) is 7.24. The molecule has 27 heavy (non-hydrogen) atoms. The maximum atomic E-state index is 12.6. The summed E-state index contributed by atoms with van der Waals surface area (Å²) in [5.74, 6) is -1.93. The Morgan fingerprint density at radius 3 is 2.22 bits per heavy atom. The molecule has 0 spiro atoms. The lowest BCUT2D eigenvalue weighted by atomic mass is 10.0. The van der Waals surface area contributed by atoms with Gasteiger partial charge < -0.3 is 10.4 Å². The van der Waals surface area contributed by atoms with E-state index in [2.05, 4.69) is 5.32 Å². The Morgan fingerprint density at radius 2 is 1.67 bits per heavy atom. The van der Waals surface area contributed by atoms with Crippen molar-refractivity contribution in [2.24, 2.45) is 0 Å². The predicted octanol–water partition coefficient (Wildman–Crippen LogP) is 5.38. The van der Waals surface area contributed by atoms with Crippen molar-refractivity contribution >= 4 is 28.9 Å². The minimum Gasteiger partial charge on any atom is -0.478 e. The number of halogens is 3. The number of alkyl halides is 3. The van der Waals surface area contributed by atoms with Crippen LogP contribution in [-0.2, 0) is 6.18 Å². The molecule has 0 radical (unpaired) electrons. The minimum absolute atomic E-state index is 0.0127. The van der Waals surface area contributed by atoms with Gasteiger partial charge in [-0.2, -0.15) is 24.5 Å². The van der Waals surface area contributed by atoms with Crippen LogP contribution < -0.4 is 5.32 Å². The van der Waals surface area contributed by atoms with Crippen LogP contribution in [-0.4, -0.2) is 17.0 Å². The van der Waals surface area contributed by atoms with Crippen LogP contribution in [0.4, 0.5) is 18.9 Å². The summed E-state index contributed by atoms with van der Waals surface area (Å²) in [6.45, 7) is 0. The Balaban J connectivity index is 1.86. The lowest BCUT2D eigenvalue weighted by Crippen LogP contribution is -2.15. The third-order valence-corrected chi connectivity index (χ3v) is 4.51. The van der Waals surface area contributed by atoms with Crippen LogP contribution in [0.3, 0.4) is 0 Å². The maximum Gasteiger partial charge on any atom is 0.416 e. The monoisotopic (exact) mass is 391 g/mol. The zero-order valence-electron chi connectivity index (χ0n) is 13.6. The zero-order chi connectivity index (χ0) is 19.6. The Morgan fingerprint density at radius 1 is 0.963 bits per heavy atom. The van der Waals surface area contributed by atoms with Crippen LogP contribution in [0.15, 0.2) is 59.3 Å². The van der Waals surface area contributed by atoms with Gasteiger partial charge in [-0.3, -0.25) is 4.79 Å². The lowest BCUT2D eigenvalue weighted by Gasteiger charge is -2.11. The molecule has 2 N–H and O–H groups in total. The van der Waals surface area contributed by atoms with Gasteiger partial charge in [0.1, 0.15) is 0 Å². The van der Waals surface area contributed by atoms with Gasteiger partial charge in [0.25, 0.3) is 5.91 Å². The van der Waals surface area contributed by atoms with Crippen molar-refractivity contribution in [3.63, 3.8) is 0 Å². The van der Waals surface area contributed by atoms with Gasteiger partial charge in [-0.1, -0.05) is 6.07 Å². The number of amides is 1. The molecule has 0 saturated carbocycles. The first-order chi connectivity index (χ1) is 12.8. The first-order valence-corrected chi connectivity index (χ1v) is 8.58. The van der Waals surface area contributed by atoms with Crippen molar-refractivity contribution in [2.75, 3.05) is 5.32 Å². The van der Waals surface area contributed by atoms with Gasteiger partial charge >= 0.3 is 12.1 Å². The molecule has 2 aromatic carbocycles. The molecule has 4 nitrogen and oxygen atoms in total. The SMILES string of the molecule is O=C(Nc1ccc(-c2ccsc2)cc1C(=O)O)c1ccc(C(F)(F)F)cc1. The fraction of sp³-hybridized carbons (Fsp3) is 0.0526. The van der Waals surface area contributed by atoms with Crippen LogP contribution in [0.2, 0.25) is 0 Å². The summed E-state index contributed by atoms with van der Waals surface area (Å²) in [5, 5.41) is 15.6. The van der Waals surface area contributed by atoms with E-state index >= 15 is 0 Å². The first kappa shape index (κ1) is 18.7. The summed E-state index contributed by atoms with van der Waals surface area (Å²) in [5.41, 5.74) is 0.598. The number of carboxylic acid groups (broad SMARTS) is 1. The second-order valence-corrected chi connectivity index (χ2v) is 6.39. The number of anilines is 1. The number of nitrogens with one attached hydrogen (secondary N) is 1. The van der Waals surface area contributed by atoms with Crippen LogP contribution >= 0.6 is 11.3 Å². The molecule has 1 heterocycles. The van der Waals surface area contributed by atoms with E-state index in [1.54, 1.807) is 6.07 Å². The average Bonchev–Trinajstić information content (AvgIpc) is 3.16. The highest BCUT2D eigenvalue weighted by molar-refractivity contribution is 7.08. The number of benzene rings is 2. The number of aromatic carboxylic acids is 1. The van der Waals surface area contributed by atoms with Gasteiger partial charge in [-0.05, 0) is 64.4 Å². The van der Waals surface area contributed by atoms with Crippen molar-refractivity contribution < 1.29 is 27.9 Å². The second-order valence-electron chi connectivity index (χ2n) is 5.61. The smallest absolute Gasteiger partial charge is 0.416 e. The largest absolute Gasteiger partial charge is 0.478 e. The summed E-state index contributed by atoms with van der Waals surface area (Å²) in [4.78, 5) is 23.8. The molecule has 0 aliphatic heterocycles. The highest BCUT2D eigenvalue weighted by Gasteiger charge is 2.30. The molecular formula is C19H12F3NO3S. The van der Waals surface area contributed by atoms with Crippen molar-refractivity contribution in [1.29, 1.82) is 0 Å². The fourth-order valence-corrected chi connectivity index (χ4v) is 3.11. The predicted molar refractivity (Wildman–Crippen MR) is 96.1 cm³/mol. The number of rotatable bonds is 4. The molecule has 0 atom stereocenters. The Bertz CT molecular complexity index is 980. The molecule has 0 saturated heterocycles. The average molecular weight is 391 g/mol. The van der Waals surface area contributed by atoms with E-state index in [4.69, 9.17) is 0 Å². The number of hydrogen-bond donors (Lipinski definition) is 2. The van der Waals surface area contributed by atoms with Crippen LogP contribution in [0.5, 0.6) is 0 Å². The van der Waals surface area contributed by atoms with Crippen LogP contribution in [0.1, 0.15) is 26.3 Å². The number of hydrogen-bond acceptors (Lipinski definition) is 3. The first-order valence-electron chi connectivity index (χ1n) is 7.64. The molecule has 0 unspecified atom stereocenters. The van der Waals surface area contributed by atoms with Gasteiger partial charge in [0.15, 0.2) is 0 Å². The van der Waals surface area contributed by atoms with Crippen molar-refractivity contribution in [3.05, 3.63) is 76.0 Å². The molecule has 8 heteroatoms. The van der Waals surface area contributed by atoms with Crippen molar-refractivity contribution in [3.8, 4) is 11.1 Å². The van der Waals surface area contributed by atoms with E-state index in [9.17, 15) is 27.9 Å². The summed E-state index contributed by atoms with van der Waals surface area (Å²) < 4.78 is 37.8. The fourth-order valence-electron chi connectivity index (χ4n) is 2.44. The standard InChI is InChI=1S/C19H12F3NO3S/c20-19(21,22)14-4-1-11(2-5-14)17(24)23-16-6-3-12(9-15(16)18(25)26)13-7-8-27-10-13/h1-10H,(H,23,24)(H,25,26). The topological polar surface area (TPSA) is 66.4 Å². The maximum absolute atomic E-state index is 12.6. The molecule has 1 aromatic heterocycles. The zero-order valence-corrected chi connectivity index (χ0v) is 14.4. The number of carbonyl (C=O) groups excluding carboxylic acids is 1. The van der Waals surface area contributed by atoms with E-state index < -0.39 is 23.6 Å². The quantitative estimate of drug-likeness (QED) is 0.627. The highest BCUT2D eigenvalue weighted by atomic mass is 32.1. The van der Waals surface area contributed by atoms with E-state index in [1.807, 2.05) is 16.8 Å². The Hall–Kier alpha value is -3.13. The van der Waals surface area contributed by atoms with Gasteiger partial charge in [-0.25, -0.2) is 4.79 Å². The molecule has 3 aromatic rings. The Labute approximate surface area is 155 Å². The molecule has 1 amide bonds. The van der Waals surface area contributed by atoms with E-state index in [-0.39, 0.29) is 16.8 Å². The van der Waals surface area contributed by atoms with E-state index in [0.29, 0.717) is 5.56 Å². The van der Waals surface area contributed by atoms with Gasteiger partial charge in [0.05, 0.1) is 16.8 Å². The Kier molecular flexibility index (Phi) is 5.00. The number of carbonyl (C=O) groups is 2. The van der Waals surface area contributed by atoms with Gasteiger partial charge in [-0.15, -0.1) is 0 Å². The summed E-state index contributed by atoms with van der Waals surface area (Å²) in [6.07, 6.45) is -4.50. The van der Waals surface area contributed by atoms with Crippen molar-refractivity contribution in [2.45, 2.75) is 6.18 Å². The van der Waals surface area contributed by atoms with Crippen LogP contribution in [0.25, 0.3) is 11.1 Å². The molecule has 0 bridgehead atoms. The minimum atomic E-state index is -4.50. The third-order valence-electron chi connectivity index (χ3n) is 3.83. The molecule has 3 rings (SSSR count). The third kappa shape index (κ3) is 4.17. The normalized spacial score (nSPS) is 11.2. The van der Waals surface area contributed by atoms with E-state index in [0.717, 1.165) is 29.8 Å². The summed E-state index contributed by atoms with van der Waals surface area (Å²) in [7, 11) is 0. The molecule has 0 fully saturated rings. The molecule has 0 aliphatic rings. The highest BCUT2D eigenvalue weighted by Crippen LogP contribution is 2.30. The van der Waals surface area contributed by atoms with Gasteiger partial charge in [0.2, 0.25) is 0 Å². The van der Waals surface area contributed by atoms with Crippen molar-refractivity contribution in [1.82, 2.24) is 0 Å². The number of thiophene rings is 1. The lowest BCUT2D eigenvalue weighted by molar-refractivity contribution is -0.137. The number of carboxylic acids is 1. The van der Waals surface area contributed by atoms with Gasteiger partial charge in [0, 0.05) is 5.56 Å². The summed E-state index contributed by atoms with van der Waals surface area (Å²) in [6, 6.07) is 10.1.